The minimum Gasteiger partial charge on any atom is -0.496 e. The number of methoxy groups -OCH3 is 1. The third-order valence-electron chi connectivity index (χ3n) is 5.71. The van der Waals surface area contributed by atoms with Crippen molar-refractivity contribution in [2.45, 2.75) is 31.4 Å². The minimum absolute atomic E-state index is 0. The number of rotatable bonds is 8. The number of carboxylic acid groups (broad SMARTS) is 1. The van der Waals surface area contributed by atoms with Crippen LogP contribution in [0.2, 0.25) is 0 Å². The van der Waals surface area contributed by atoms with Crippen molar-refractivity contribution >= 4 is 30.8 Å². The molecule has 2 atom stereocenters. The van der Waals surface area contributed by atoms with Crippen LogP contribution in [0.15, 0.2) is 60.9 Å². The van der Waals surface area contributed by atoms with Crippen molar-refractivity contribution in [3.63, 3.8) is 0 Å². The molecule has 0 amide bonds. The van der Waals surface area contributed by atoms with E-state index in [0.29, 0.717) is 18.0 Å². The highest BCUT2D eigenvalue weighted by Gasteiger charge is 2.20. The number of aliphatic hydroxyl groups is 1. The first-order valence-electron chi connectivity index (χ1n) is 10.6. The largest absolute Gasteiger partial charge is 0.496 e. The third-order valence-corrected chi connectivity index (χ3v) is 5.71. The van der Waals surface area contributed by atoms with Crippen LogP contribution in [-0.4, -0.2) is 40.9 Å². The van der Waals surface area contributed by atoms with E-state index in [0.717, 1.165) is 24.8 Å². The molecule has 4 rings (SSSR count). The Kier molecular flexibility index (Phi) is 10.1. The second-order valence-corrected chi connectivity index (χ2v) is 7.85. The van der Waals surface area contributed by atoms with Crippen LogP contribution in [0.5, 0.6) is 17.2 Å². The van der Waals surface area contributed by atoms with Gasteiger partial charge < -0.3 is 25.0 Å². The van der Waals surface area contributed by atoms with E-state index in [4.69, 9.17) is 9.47 Å². The molecule has 3 N–H and O–H groups in total. The summed E-state index contributed by atoms with van der Waals surface area (Å²) in [7, 11) is 1.44. The van der Waals surface area contributed by atoms with Crippen LogP contribution in [0.1, 0.15) is 39.6 Å². The summed E-state index contributed by atoms with van der Waals surface area (Å²) in [5.41, 5.74) is 3.32. The fourth-order valence-corrected chi connectivity index (χ4v) is 3.99. The summed E-state index contributed by atoms with van der Waals surface area (Å²) in [6.45, 7) is 0.464. The number of carboxylic acids is 1. The molecule has 9 heteroatoms. The quantitative estimate of drug-likeness (QED) is 0.410. The number of fused-ring (bicyclic) bond motifs is 1. The second-order valence-electron chi connectivity index (χ2n) is 7.85. The van der Waals surface area contributed by atoms with Crippen molar-refractivity contribution in [3.05, 3.63) is 83.2 Å². The molecule has 1 aliphatic carbocycles. The van der Waals surface area contributed by atoms with Crippen LogP contribution >= 0.6 is 24.8 Å². The molecule has 0 radical (unpaired) electrons. The Bertz CT molecular complexity index is 1100. The highest BCUT2D eigenvalue weighted by Crippen LogP contribution is 2.31. The zero-order valence-corrected chi connectivity index (χ0v) is 20.3. The second kappa shape index (κ2) is 12.6. The maximum atomic E-state index is 11.4. The number of pyridine rings is 1. The molecule has 0 bridgehead atoms. The van der Waals surface area contributed by atoms with Crippen molar-refractivity contribution in [2.24, 2.45) is 0 Å². The molecule has 182 valence electrons. The fourth-order valence-electron chi connectivity index (χ4n) is 3.99. The maximum absolute atomic E-state index is 11.4. The third kappa shape index (κ3) is 6.61. The molecule has 2 aromatic carbocycles. The highest BCUT2D eigenvalue weighted by molar-refractivity contribution is 5.91. The first-order chi connectivity index (χ1) is 15.5. The van der Waals surface area contributed by atoms with Crippen LogP contribution in [0, 0.1) is 0 Å². The normalized spacial score (nSPS) is 15.2. The lowest BCUT2D eigenvalue weighted by Crippen LogP contribution is -2.37. The summed E-state index contributed by atoms with van der Waals surface area (Å²) in [6, 6.07) is 14.7. The molecule has 1 heterocycles. The number of aromatic carboxylic acids is 1. The first kappa shape index (κ1) is 27.4. The highest BCUT2D eigenvalue weighted by atomic mass is 35.5. The number of halogens is 2. The smallest absolute Gasteiger partial charge is 0.339 e. The fraction of sp³-hybridized carbons (Fsp3) is 0.280. The van der Waals surface area contributed by atoms with E-state index in [1.54, 1.807) is 24.5 Å². The van der Waals surface area contributed by atoms with E-state index in [2.05, 4.69) is 16.4 Å². The van der Waals surface area contributed by atoms with E-state index in [9.17, 15) is 15.0 Å². The van der Waals surface area contributed by atoms with E-state index in [-0.39, 0.29) is 42.2 Å². The zero-order chi connectivity index (χ0) is 22.5. The predicted molar refractivity (Wildman–Crippen MR) is 134 cm³/mol. The minimum atomic E-state index is -1.07. The van der Waals surface area contributed by atoms with Gasteiger partial charge in [-0.2, -0.15) is 0 Å². The number of nitrogens with one attached hydrogen (secondary N) is 1. The predicted octanol–water partition coefficient (Wildman–Crippen LogP) is 4.60. The number of aryl methyl sites for hydroxylation is 1. The number of benzene rings is 2. The van der Waals surface area contributed by atoms with Gasteiger partial charge in [0, 0.05) is 30.5 Å². The Labute approximate surface area is 211 Å². The molecule has 7 nitrogen and oxygen atoms in total. The lowest BCUT2D eigenvalue weighted by atomic mass is 9.88. The van der Waals surface area contributed by atoms with E-state index >= 15 is 0 Å². The number of nitrogens with zero attached hydrogens (tertiary/aromatic N) is 1. The van der Waals surface area contributed by atoms with Crippen molar-refractivity contribution in [1.82, 2.24) is 10.3 Å². The van der Waals surface area contributed by atoms with Crippen LogP contribution in [-0.2, 0) is 12.8 Å². The van der Waals surface area contributed by atoms with E-state index < -0.39 is 12.1 Å². The zero-order valence-electron chi connectivity index (χ0n) is 18.6. The van der Waals surface area contributed by atoms with Crippen LogP contribution in [0.25, 0.3) is 0 Å². The van der Waals surface area contributed by atoms with Gasteiger partial charge in [0.1, 0.15) is 22.8 Å². The summed E-state index contributed by atoms with van der Waals surface area (Å²) in [5, 5.41) is 23.2. The number of aromatic nitrogens is 1. The maximum Gasteiger partial charge on any atom is 0.339 e. The molecular weight excluding hydrogens is 479 g/mol. The van der Waals surface area contributed by atoms with E-state index in [1.807, 2.05) is 24.3 Å². The first-order valence-corrected chi connectivity index (χ1v) is 10.6. The lowest BCUT2D eigenvalue weighted by Gasteiger charge is -2.27. The number of hydrogen-bond acceptors (Lipinski definition) is 6. The Morgan fingerprint density at radius 3 is 2.62 bits per heavy atom. The Morgan fingerprint density at radius 2 is 1.91 bits per heavy atom. The van der Waals surface area contributed by atoms with Crippen molar-refractivity contribution in [2.75, 3.05) is 13.7 Å². The Hall–Kier alpha value is -2.84. The number of hydrogen-bond donors (Lipinski definition) is 3. The SMILES string of the molecule is COc1ccc(Oc2ccc3c(c2)C[C@@H](NC[C@@H](O)c2cccnc2)CC3)cc1C(=O)O.Cl.Cl. The van der Waals surface area contributed by atoms with Gasteiger partial charge in [0.15, 0.2) is 0 Å². The summed E-state index contributed by atoms with van der Waals surface area (Å²) in [5.74, 6) is 0.312. The Morgan fingerprint density at radius 1 is 1.15 bits per heavy atom. The molecule has 0 spiro atoms. The molecule has 1 aromatic heterocycles. The van der Waals surface area contributed by atoms with Gasteiger partial charge in [-0.15, -0.1) is 24.8 Å². The van der Waals surface area contributed by atoms with Gasteiger partial charge in [0.05, 0.1) is 13.2 Å². The molecule has 0 saturated heterocycles. The monoisotopic (exact) mass is 506 g/mol. The molecule has 0 unspecified atom stereocenters. The van der Waals surface area contributed by atoms with Gasteiger partial charge in [0.2, 0.25) is 0 Å². The number of aliphatic hydroxyl groups excluding tert-OH is 1. The van der Waals surface area contributed by atoms with E-state index in [1.165, 1.54) is 24.3 Å². The summed E-state index contributed by atoms with van der Waals surface area (Å²) in [4.78, 5) is 15.5. The standard InChI is InChI=1S/C25H26N2O5.2ClH/c1-31-24-9-8-21(13-22(24)25(29)30)32-20-7-5-16-4-6-19(11-18(16)12-20)27-15-23(28)17-3-2-10-26-14-17;;/h2-3,5,7-10,12-14,19,23,27-28H,4,6,11,15H2,1H3,(H,29,30);2*1H/t19-,23+;;/m0../s1. The molecule has 0 aliphatic heterocycles. The summed E-state index contributed by atoms with van der Waals surface area (Å²) < 4.78 is 11.0. The molecule has 34 heavy (non-hydrogen) atoms. The molecule has 3 aromatic rings. The average Bonchev–Trinajstić information content (AvgIpc) is 2.82. The van der Waals surface area contributed by atoms with Crippen molar-refractivity contribution < 1.29 is 24.5 Å². The number of carbonyl (C=O) groups is 1. The van der Waals surface area contributed by atoms with Gasteiger partial charge in [-0.05, 0) is 66.8 Å². The molecule has 0 saturated carbocycles. The lowest BCUT2D eigenvalue weighted by molar-refractivity contribution is 0.0693. The van der Waals surface area contributed by atoms with Gasteiger partial charge in [-0.25, -0.2) is 4.79 Å². The van der Waals surface area contributed by atoms with Crippen LogP contribution in [0.3, 0.4) is 0 Å². The van der Waals surface area contributed by atoms with Crippen LogP contribution in [0.4, 0.5) is 0 Å². The Balaban J connectivity index is 0.00000204. The van der Waals surface area contributed by atoms with Gasteiger partial charge >= 0.3 is 5.97 Å². The molecule has 1 aliphatic rings. The van der Waals surface area contributed by atoms with Gasteiger partial charge in [0.25, 0.3) is 0 Å². The van der Waals surface area contributed by atoms with Gasteiger partial charge in [-0.3, -0.25) is 4.98 Å². The van der Waals surface area contributed by atoms with Gasteiger partial charge in [-0.1, -0.05) is 12.1 Å². The summed E-state index contributed by atoms with van der Waals surface area (Å²) in [6.07, 6.45) is 5.54. The topological polar surface area (TPSA) is 101 Å². The number of ether oxygens (including phenoxy) is 2. The molecule has 0 fully saturated rings. The summed E-state index contributed by atoms with van der Waals surface area (Å²) >= 11 is 0. The van der Waals surface area contributed by atoms with Crippen molar-refractivity contribution in [3.8, 4) is 17.2 Å². The van der Waals surface area contributed by atoms with Crippen molar-refractivity contribution in [1.29, 1.82) is 0 Å². The molecular formula is C25H28Cl2N2O5. The average molecular weight is 507 g/mol. The van der Waals surface area contributed by atoms with Crippen LogP contribution < -0.4 is 14.8 Å².